The van der Waals surface area contributed by atoms with Crippen LogP contribution in [-0.4, -0.2) is 48.8 Å². The van der Waals surface area contributed by atoms with Crippen LogP contribution in [0.2, 0.25) is 0 Å². The van der Waals surface area contributed by atoms with E-state index in [4.69, 9.17) is 15.2 Å². The molecule has 2 fully saturated rings. The smallest absolute Gasteiger partial charge is 0.263 e. The zero-order valence-electron chi connectivity index (χ0n) is 17.4. The fourth-order valence-electron chi connectivity index (χ4n) is 4.11. The van der Waals surface area contributed by atoms with E-state index < -0.39 is 0 Å². The van der Waals surface area contributed by atoms with E-state index in [0.717, 1.165) is 53.2 Å². The normalized spacial score (nSPS) is 19.5. The number of nitrogen functional groups attached to an aromatic ring is 1. The van der Waals surface area contributed by atoms with Crippen LogP contribution in [-0.2, 0) is 11.2 Å². The molecule has 0 bridgehead atoms. The van der Waals surface area contributed by atoms with Gasteiger partial charge < -0.3 is 25.8 Å². The first-order chi connectivity index (χ1) is 15.0. The highest BCUT2D eigenvalue weighted by Crippen LogP contribution is 2.33. The van der Waals surface area contributed by atoms with E-state index in [0.29, 0.717) is 23.7 Å². The number of hydrogen-bond donors (Lipinski definition) is 3. The first-order valence-electron chi connectivity index (χ1n) is 10.6. The molecule has 2 saturated heterocycles. The minimum Gasteiger partial charge on any atom is -0.488 e. The number of carbonyl (C=O) groups excluding carboxylic acids is 1. The molecule has 162 valence electrons. The number of anilines is 1. The Balaban J connectivity index is 1.13. The van der Waals surface area contributed by atoms with Crippen LogP contribution < -0.4 is 21.1 Å². The molecule has 5 rings (SSSR count). The predicted octanol–water partition coefficient (Wildman–Crippen LogP) is 2.67. The molecular formula is C23H26N4O3S. The molecule has 0 unspecified atom stereocenters. The third kappa shape index (κ3) is 4.11. The first-order valence-corrected chi connectivity index (χ1v) is 11.4. The Morgan fingerprint density at radius 3 is 2.84 bits per heavy atom. The summed E-state index contributed by atoms with van der Waals surface area (Å²) >= 11 is 1.34. The van der Waals surface area contributed by atoms with Gasteiger partial charge in [0, 0.05) is 37.1 Å². The lowest BCUT2D eigenvalue weighted by atomic mass is 9.93. The van der Waals surface area contributed by atoms with Gasteiger partial charge in [-0.15, -0.1) is 11.3 Å². The van der Waals surface area contributed by atoms with Crippen molar-refractivity contribution in [3.8, 4) is 5.75 Å². The number of ether oxygens (including phenoxy) is 2. The number of carbonyl (C=O) groups is 1. The monoisotopic (exact) mass is 438 g/mol. The minimum absolute atomic E-state index is 0.00445. The van der Waals surface area contributed by atoms with Crippen LogP contribution in [0.3, 0.4) is 0 Å². The molecule has 3 aromatic rings. The van der Waals surface area contributed by atoms with Gasteiger partial charge in [-0.25, -0.2) is 4.98 Å². The van der Waals surface area contributed by atoms with Crippen molar-refractivity contribution in [3.63, 3.8) is 0 Å². The lowest BCUT2D eigenvalue weighted by Crippen LogP contribution is -2.59. The summed E-state index contributed by atoms with van der Waals surface area (Å²) in [5, 5.41) is 7.07. The highest BCUT2D eigenvalue weighted by molar-refractivity contribution is 7.21. The summed E-state index contributed by atoms with van der Waals surface area (Å²) in [6.45, 7) is 4.94. The molecule has 4 heterocycles. The van der Waals surface area contributed by atoms with E-state index >= 15 is 0 Å². The Labute approximate surface area is 184 Å². The number of nitrogens with two attached hydrogens (primary N) is 1. The fraction of sp³-hybridized carbons (Fsp3) is 0.391. The zero-order valence-corrected chi connectivity index (χ0v) is 18.3. The third-order valence-corrected chi connectivity index (χ3v) is 7.05. The summed E-state index contributed by atoms with van der Waals surface area (Å²) in [4.78, 5) is 18.4. The lowest BCUT2D eigenvalue weighted by molar-refractivity contribution is -0.0368. The van der Waals surface area contributed by atoms with Gasteiger partial charge >= 0.3 is 0 Å². The molecule has 1 spiro atoms. The van der Waals surface area contributed by atoms with Crippen LogP contribution in [0.1, 0.15) is 27.3 Å². The second-order valence-electron chi connectivity index (χ2n) is 8.34. The Kier molecular flexibility index (Phi) is 5.29. The van der Waals surface area contributed by atoms with Crippen molar-refractivity contribution in [1.82, 2.24) is 15.6 Å². The number of thiophene rings is 1. The maximum Gasteiger partial charge on any atom is 0.263 e. The number of hydrogen-bond acceptors (Lipinski definition) is 7. The number of fused-ring (bicyclic) bond motifs is 1. The van der Waals surface area contributed by atoms with Crippen molar-refractivity contribution in [2.75, 3.05) is 32.0 Å². The van der Waals surface area contributed by atoms with E-state index in [1.54, 1.807) is 0 Å². The SMILES string of the molecule is Cc1ccc2c(N)c(C(=O)NCCc3ccc(O[C@@H]4COC5(CNC5)C4)cc3)sc2n1. The maximum atomic E-state index is 12.6. The van der Waals surface area contributed by atoms with Crippen molar-refractivity contribution in [3.05, 3.63) is 52.5 Å². The van der Waals surface area contributed by atoms with Gasteiger partial charge in [-0.2, -0.15) is 0 Å². The van der Waals surface area contributed by atoms with Gasteiger partial charge in [0.2, 0.25) is 0 Å². The summed E-state index contributed by atoms with van der Waals surface area (Å²) < 4.78 is 12.0. The van der Waals surface area contributed by atoms with E-state index in [2.05, 4.69) is 15.6 Å². The van der Waals surface area contributed by atoms with Gasteiger partial charge in [0.15, 0.2) is 0 Å². The molecular weight excluding hydrogens is 412 g/mol. The van der Waals surface area contributed by atoms with Gasteiger partial charge in [0.25, 0.3) is 5.91 Å². The van der Waals surface area contributed by atoms with Gasteiger partial charge in [0.05, 0.1) is 17.9 Å². The Bertz CT molecular complexity index is 1110. The standard InChI is InChI=1S/C23H26N4O3S/c1-14-2-7-18-19(24)20(31-22(18)27-14)21(28)26-9-8-15-3-5-16(6-4-15)30-17-10-23(29-11-17)12-25-13-23/h2-7,17,25H,8-13,24H2,1H3,(H,26,28)/t17-/m0/s1. The van der Waals surface area contributed by atoms with Crippen molar-refractivity contribution >= 4 is 33.1 Å². The molecule has 8 heteroatoms. The molecule has 7 nitrogen and oxygen atoms in total. The molecule has 2 aliphatic heterocycles. The highest BCUT2D eigenvalue weighted by atomic mass is 32.1. The topological polar surface area (TPSA) is 98.5 Å². The quantitative estimate of drug-likeness (QED) is 0.547. The molecule has 4 N–H and O–H groups in total. The third-order valence-electron chi connectivity index (χ3n) is 5.93. The Morgan fingerprint density at radius 2 is 2.13 bits per heavy atom. The number of rotatable bonds is 6. The van der Waals surface area contributed by atoms with Gasteiger partial charge in [-0.1, -0.05) is 12.1 Å². The molecule has 0 aliphatic carbocycles. The maximum absolute atomic E-state index is 12.6. The number of aryl methyl sites for hydroxylation is 1. The van der Waals surface area contributed by atoms with Crippen LogP contribution in [0.15, 0.2) is 36.4 Å². The number of aromatic nitrogens is 1. The summed E-state index contributed by atoms with van der Waals surface area (Å²) in [5.41, 5.74) is 8.71. The summed E-state index contributed by atoms with van der Waals surface area (Å²) in [5.74, 6) is 0.699. The predicted molar refractivity (Wildman–Crippen MR) is 122 cm³/mol. The van der Waals surface area contributed by atoms with Gasteiger partial charge in [-0.05, 0) is 43.2 Å². The zero-order chi connectivity index (χ0) is 21.4. The van der Waals surface area contributed by atoms with Crippen LogP contribution in [0.5, 0.6) is 5.75 Å². The average molecular weight is 439 g/mol. The van der Waals surface area contributed by atoms with Crippen molar-refractivity contribution in [2.24, 2.45) is 0 Å². The van der Waals surface area contributed by atoms with E-state index in [-0.39, 0.29) is 17.6 Å². The summed E-state index contributed by atoms with van der Waals surface area (Å²) in [6.07, 6.45) is 1.77. The molecule has 0 radical (unpaired) electrons. The van der Waals surface area contributed by atoms with Gasteiger partial charge in [-0.3, -0.25) is 4.79 Å². The number of amides is 1. The average Bonchev–Trinajstić information content (AvgIpc) is 3.31. The summed E-state index contributed by atoms with van der Waals surface area (Å²) in [7, 11) is 0. The molecule has 2 aromatic heterocycles. The lowest BCUT2D eigenvalue weighted by Gasteiger charge is -2.37. The number of benzene rings is 1. The van der Waals surface area contributed by atoms with Crippen LogP contribution in [0.4, 0.5) is 5.69 Å². The van der Waals surface area contributed by atoms with E-state index in [1.165, 1.54) is 11.3 Å². The summed E-state index contributed by atoms with van der Waals surface area (Å²) in [6, 6.07) is 11.9. The van der Waals surface area contributed by atoms with Crippen molar-refractivity contribution < 1.29 is 14.3 Å². The minimum atomic E-state index is -0.154. The largest absolute Gasteiger partial charge is 0.488 e. The van der Waals surface area contributed by atoms with Crippen molar-refractivity contribution in [1.29, 1.82) is 0 Å². The Hall–Kier alpha value is -2.68. The highest BCUT2D eigenvalue weighted by Gasteiger charge is 2.46. The molecule has 1 atom stereocenters. The van der Waals surface area contributed by atoms with Crippen LogP contribution >= 0.6 is 11.3 Å². The molecule has 0 saturated carbocycles. The second-order valence-corrected chi connectivity index (χ2v) is 9.34. The van der Waals surface area contributed by atoms with Gasteiger partial charge in [0.1, 0.15) is 21.6 Å². The fourth-order valence-corrected chi connectivity index (χ4v) is 5.17. The first kappa shape index (κ1) is 20.2. The molecule has 1 aromatic carbocycles. The number of nitrogens with zero attached hydrogens (tertiary/aromatic N) is 1. The van der Waals surface area contributed by atoms with Crippen LogP contribution in [0.25, 0.3) is 10.2 Å². The number of nitrogens with one attached hydrogen (secondary N) is 2. The number of pyridine rings is 1. The van der Waals surface area contributed by atoms with E-state index in [1.807, 2.05) is 43.3 Å². The van der Waals surface area contributed by atoms with Crippen LogP contribution in [0, 0.1) is 6.92 Å². The second kappa shape index (κ2) is 8.11. The Morgan fingerprint density at radius 1 is 1.32 bits per heavy atom. The van der Waals surface area contributed by atoms with E-state index in [9.17, 15) is 4.79 Å². The van der Waals surface area contributed by atoms with Crippen molar-refractivity contribution in [2.45, 2.75) is 31.5 Å². The molecule has 2 aliphatic rings. The molecule has 31 heavy (non-hydrogen) atoms. The molecule has 1 amide bonds.